The quantitative estimate of drug-likeness (QED) is 0.628. The van der Waals surface area contributed by atoms with Crippen LogP contribution in [0.1, 0.15) is 29.6 Å². The largest absolute Gasteiger partial charge is 0.299 e. The van der Waals surface area contributed by atoms with Crippen molar-refractivity contribution in [2.45, 2.75) is 19.3 Å². The van der Waals surface area contributed by atoms with E-state index in [1.165, 1.54) is 0 Å². The molecule has 2 nitrogen and oxygen atoms in total. The molecular formula is C12H10BrClO2. The number of rotatable bonds is 4. The maximum Gasteiger partial charge on any atom is 0.171 e. The normalized spacial score (nSPS) is 14.9. The first-order chi connectivity index (χ1) is 7.58. The predicted molar refractivity (Wildman–Crippen MR) is 65.8 cm³/mol. The first-order valence-electron chi connectivity index (χ1n) is 5.09. The number of Topliss-reactive ketones (excluding diaryl/α,β-unsaturated/α-hetero) is 2. The Morgan fingerprint density at radius 3 is 2.69 bits per heavy atom. The molecule has 16 heavy (non-hydrogen) atoms. The molecule has 0 saturated heterocycles. The second-order valence-electron chi connectivity index (χ2n) is 3.96. The predicted octanol–water partition coefficient (Wildman–Crippen LogP) is 3.65. The van der Waals surface area contributed by atoms with Gasteiger partial charge in [0.2, 0.25) is 0 Å². The summed E-state index contributed by atoms with van der Waals surface area (Å²) in [5.74, 6) is -0.0286. The van der Waals surface area contributed by atoms with Crippen molar-refractivity contribution in [3.8, 4) is 0 Å². The molecule has 0 amide bonds. The summed E-state index contributed by atoms with van der Waals surface area (Å²) >= 11 is 9.19. The highest BCUT2D eigenvalue weighted by molar-refractivity contribution is 9.10. The summed E-state index contributed by atoms with van der Waals surface area (Å²) in [6.07, 6.45) is 1.83. The average molecular weight is 302 g/mol. The highest BCUT2D eigenvalue weighted by Gasteiger charge is 2.31. The van der Waals surface area contributed by atoms with E-state index in [1.807, 2.05) is 0 Å². The lowest BCUT2D eigenvalue weighted by molar-refractivity contribution is -0.119. The van der Waals surface area contributed by atoms with Crippen molar-refractivity contribution in [2.75, 3.05) is 0 Å². The van der Waals surface area contributed by atoms with Crippen LogP contribution in [-0.2, 0) is 4.79 Å². The Labute approximate surface area is 107 Å². The zero-order chi connectivity index (χ0) is 11.7. The van der Waals surface area contributed by atoms with Crippen molar-refractivity contribution < 1.29 is 9.59 Å². The molecule has 0 atom stereocenters. The van der Waals surface area contributed by atoms with E-state index in [1.54, 1.807) is 18.2 Å². The van der Waals surface area contributed by atoms with Crippen LogP contribution in [0.15, 0.2) is 22.7 Å². The molecule has 0 spiro atoms. The fourth-order valence-corrected chi connectivity index (χ4v) is 2.10. The third-order valence-corrected chi connectivity index (χ3v) is 3.42. The zero-order valence-electron chi connectivity index (χ0n) is 8.50. The molecular weight excluding hydrogens is 291 g/mol. The molecule has 0 unspecified atom stereocenters. The Balaban J connectivity index is 2.13. The van der Waals surface area contributed by atoms with Gasteiger partial charge in [-0.25, -0.2) is 0 Å². The van der Waals surface area contributed by atoms with Gasteiger partial charge in [-0.2, -0.15) is 0 Å². The second kappa shape index (κ2) is 4.68. The molecule has 0 N–H and O–H groups in total. The number of carbonyl (C=O) groups is 2. The molecule has 1 aromatic carbocycles. The smallest absolute Gasteiger partial charge is 0.171 e. The van der Waals surface area contributed by atoms with E-state index in [0.29, 0.717) is 10.6 Å². The Morgan fingerprint density at radius 2 is 2.06 bits per heavy atom. The van der Waals surface area contributed by atoms with Gasteiger partial charge in [-0.3, -0.25) is 9.59 Å². The van der Waals surface area contributed by atoms with Gasteiger partial charge < -0.3 is 0 Å². The van der Waals surface area contributed by atoms with Crippen molar-refractivity contribution in [3.63, 3.8) is 0 Å². The highest BCUT2D eigenvalue weighted by atomic mass is 79.9. The molecule has 1 fully saturated rings. The van der Waals surface area contributed by atoms with Gasteiger partial charge in [0.05, 0.1) is 11.4 Å². The molecule has 0 aromatic heterocycles. The van der Waals surface area contributed by atoms with Gasteiger partial charge in [-0.05, 0) is 31.0 Å². The maximum atomic E-state index is 11.8. The molecule has 0 bridgehead atoms. The van der Waals surface area contributed by atoms with Gasteiger partial charge in [-0.1, -0.05) is 27.5 Å². The number of hydrogen-bond acceptors (Lipinski definition) is 2. The SMILES string of the molecule is O=C(CC(=O)C1CC1)c1cc(Br)ccc1Cl. The lowest BCUT2D eigenvalue weighted by Crippen LogP contribution is -2.10. The lowest BCUT2D eigenvalue weighted by atomic mass is 10.0. The summed E-state index contributed by atoms with van der Waals surface area (Å²) in [6.45, 7) is 0. The molecule has 0 aliphatic heterocycles. The summed E-state index contributed by atoms with van der Waals surface area (Å²) in [5.41, 5.74) is 0.421. The Kier molecular flexibility index (Phi) is 3.45. The Morgan fingerprint density at radius 1 is 1.38 bits per heavy atom. The minimum Gasteiger partial charge on any atom is -0.299 e. The second-order valence-corrected chi connectivity index (χ2v) is 5.29. The van der Waals surface area contributed by atoms with Crippen LogP contribution in [0.3, 0.4) is 0 Å². The number of benzene rings is 1. The van der Waals surface area contributed by atoms with E-state index >= 15 is 0 Å². The van der Waals surface area contributed by atoms with E-state index < -0.39 is 0 Å². The fourth-order valence-electron chi connectivity index (χ4n) is 1.51. The van der Waals surface area contributed by atoms with Crippen LogP contribution in [0.25, 0.3) is 0 Å². The van der Waals surface area contributed by atoms with Crippen LogP contribution in [0.4, 0.5) is 0 Å². The van der Waals surface area contributed by atoms with Gasteiger partial charge in [0.1, 0.15) is 5.78 Å². The average Bonchev–Trinajstić information content (AvgIpc) is 3.04. The number of halogens is 2. The third-order valence-electron chi connectivity index (χ3n) is 2.60. The maximum absolute atomic E-state index is 11.8. The van der Waals surface area contributed by atoms with E-state index in [-0.39, 0.29) is 23.9 Å². The molecule has 0 radical (unpaired) electrons. The zero-order valence-corrected chi connectivity index (χ0v) is 10.8. The molecule has 1 aromatic rings. The van der Waals surface area contributed by atoms with E-state index in [2.05, 4.69) is 15.9 Å². The van der Waals surface area contributed by atoms with Crippen molar-refractivity contribution in [2.24, 2.45) is 5.92 Å². The minimum absolute atomic E-state index is 0.0269. The van der Waals surface area contributed by atoms with Crippen molar-refractivity contribution >= 4 is 39.1 Å². The third kappa shape index (κ3) is 2.71. The Bertz CT molecular complexity index is 452. The number of ketones is 2. The van der Waals surface area contributed by atoms with Crippen molar-refractivity contribution in [1.82, 2.24) is 0 Å². The molecule has 1 saturated carbocycles. The van der Waals surface area contributed by atoms with E-state index in [0.717, 1.165) is 17.3 Å². The molecule has 84 valence electrons. The van der Waals surface area contributed by atoms with E-state index in [4.69, 9.17) is 11.6 Å². The highest BCUT2D eigenvalue weighted by Crippen LogP contribution is 2.32. The van der Waals surface area contributed by atoms with Gasteiger partial charge >= 0.3 is 0 Å². The summed E-state index contributed by atoms with van der Waals surface area (Å²) < 4.78 is 0.791. The Hall–Kier alpha value is -0.670. The molecule has 2 rings (SSSR count). The molecule has 1 aliphatic rings. The van der Waals surface area contributed by atoms with E-state index in [9.17, 15) is 9.59 Å². The summed E-state index contributed by atoms with van der Waals surface area (Å²) in [4.78, 5) is 23.3. The molecule has 1 aliphatic carbocycles. The number of carbonyl (C=O) groups excluding carboxylic acids is 2. The summed E-state index contributed by atoms with van der Waals surface area (Å²) in [5, 5.41) is 0.400. The van der Waals surface area contributed by atoms with Gasteiger partial charge in [0, 0.05) is 16.0 Å². The summed E-state index contributed by atoms with van der Waals surface area (Å²) in [6, 6.07) is 5.08. The lowest BCUT2D eigenvalue weighted by Gasteiger charge is -2.03. The van der Waals surface area contributed by atoms with Crippen LogP contribution in [0.5, 0.6) is 0 Å². The minimum atomic E-state index is -0.191. The van der Waals surface area contributed by atoms with Crippen LogP contribution < -0.4 is 0 Å². The van der Waals surface area contributed by atoms with Crippen molar-refractivity contribution in [3.05, 3.63) is 33.3 Å². The number of hydrogen-bond donors (Lipinski definition) is 0. The summed E-state index contributed by atoms with van der Waals surface area (Å²) in [7, 11) is 0. The molecule has 4 heteroatoms. The monoisotopic (exact) mass is 300 g/mol. The first kappa shape index (κ1) is 11.8. The van der Waals surface area contributed by atoms with Crippen LogP contribution in [0.2, 0.25) is 5.02 Å². The fraction of sp³-hybridized carbons (Fsp3) is 0.333. The van der Waals surface area contributed by atoms with Gasteiger partial charge in [0.15, 0.2) is 5.78 Å². The standard InChI is InChI=1S/C12H10BrClO2/c13-8-3-4-10(14)9(5-8)12(16)6-11(15)7-1-2-7/h3-5,7H,1-2,6H2. The van der Waals surface area contributed by atoms with Crippen LogP contribution >= 0.6 is 27.5 Å². The van der Waals surface area contributed by atoms with Crippen LogP contribution in [-0.4, -0.2) is 11.6 Å². The van der Waals surface area contributed by atoms with Crippen LogP contribution in [0, 0.1) is 5.92 Å². The topological polar surface area (TPSA) is 34.1 Å². The van der Waals surface area contributed by atoms with Crippen molar-refractivity contribution in [1.29, 1.82) is 0 Å². The van der Waals surface area contributed by atoms with Gasteiger partial charge in [-0.15, -0.1) is 0 Å². The van der Waals surface area contributed by atoms with Gasteiger partial charge in [0.25, 0.3) is 0 Å². The first-order valence-corrected chi connectivity index (χ1v) is 6.26. The molecule has 0 heterocycles.